The average molecular weight is 237 g/mol. The molecule has 1 fully saturated rings. The van der Waals surface area contributed by atoms with Crippen LogP contribution in [0.3, 0.4) is 0 Å². The Labute approximate surface area is 103 Å². The monoisotopic (exact) mass is 237 g/mol. The van der Waals surface area contributed by atoms with Gasteiger partial charge in [-0.15, -0.1) is 0 Å². The zero-order chi connectivity index (χ0) is 12.3. The van der Waals surface area contributed by atoms with Gasteiger partial charge in [0.25, 0.3) is 5.91 Å². The maximum Gasteiger partial charge on any atom is 0.316 e. The number of nitrogens with zero attached hydrogens (tertiary/aromatic N) is 1. The summed E-state index contributed by atoms with van der Waals surface area (Å²) in [5.74, 6) is 0.00983. The Morgan fingerprint density at radius 3 is 2.65 bits per heavy atom. The van der Waals surface area contributed by atoms with E-state index >= 15 is 0 Å². The molecule has 3 N–H and O–H groups in total. The minimum atomic E-state index is -0.629. The van der Waals surface area contributed by atoms with Crippen LogP contribution in [0.5, 0.6) is 0 Å². The van der Waals surface area contributed by atoms with Crippen LogP contribution >= 0.6 is 0 Å². The maximum absolute atomic E-state index is 12.1. The number of nitrogens with one attached hydrogen (secondary N) is 1. The van der Waals surface area contributed by atoms with Crippen molar-refractivity contribution in [1.82, 2.24) is 4.90 Å². The predicted octanol–water partition coefficient (Wildman–Crippen LogP) is 1.91. The van der Waals surface area contributed by atoms with Crippen molar-refractivity contribution < 1.29 is 12.4 Å². The van der Waals surface area contributed by atoms with Crippen molar-refractivity contribution in [2.45, 2.75) is 12.8 Å². The van der Waals surface area contributed by atoms with Crippen molar-refractivity contribution in [1.29, 1.82) is 0 Å². The van der Waals surface area contributed by atoms with E-state index in [9.17, 15) is 9.59 Å². The van der Waals surface area contributed by atoms with Gasteiger partial charge in [-0.05, 0) is 31.0 Å². The van der Waals surface area contributed by atoms with Crippen LogP contribution in [-0.2, 0) is 0 Å². The molecule has 0 spiro atoms. The molecule has 17 heavy (non-hydrogen) atoms. The minimum Gasteiger partial charge on any atom is -0.351 e. The second-order valence-corrected chi connectivity index (χ2v) is 4.07. The first-order valence-electron chi connectivity index (χ1n) is 5.62. The summed E-state index contributed by atoms with van der Waals surface area (Å²) in [4.78, 5) is 24.6. The number of carbonyl (C=O) groups excluding carboxylic acids is 2. The smallest absolute Gasteiger partial charge is 0.316 e. The highest BCUT2D eigenvalue weighted by molar-refractivity contribution is 5.96. The molecule has 0 radical (unpaired) electrons. The summed E-state index contributed by atoms with van der Waals surface area (Å²) in [7, 11) is 0. The third-order valence-corrected chi connectivity index (χ3v) is 2.77. The molecule has 3 amide bonds. The highest BCUT2D eigenvalue weighted by Gasteiger charge is 2.19. The summed E-state index contributed by atoms with van der Waals surface area (Å²) in [6.07, 6.45) is 2.12. The van der Waals surface area contributed by atoms with Gasteiger partial charge in [0.05, 0.1) is 0 Å². The number of likely N-dealkylation sites (tertiary alicyclic amines) is 1. The van der Waals surface area contributed by atoms with Crippen molar-refractivity contribution in [3.05, 3.63) is 29.8 Å². The predicted molar refractivity (Wildman–Crippen MR) is 69.0 cm³/mol. The lowest BCUT2D eigenvalue weighted by Crippen LogP contribution is -2.27. The fraction of sp³-hybridized carbons (Fsp3) is 0.333. The molecule has 1 heterocycles. The molecule has 1 aliphatic rings. The van der Waals surface area contributed by atoms with Crippen LogP contribution in [0.1, 0.15) is 26.1 Å². The van der Waals surface area contributed by atoms with Crippen LogP contribution in [-0.4, -0.2) is 29.9 Å². The molecule has 2 rings (SSSR count). The van der Waals surface area contributed by atoms with Gasteiger partial charge in [-0.25, -0.2) is 4.79 Å². The lowest BCUT2D eigenvalue weighted by molar-refractivity contribution is 0.0793. The molecule has 5 heteroatoms. The van der Waals surface area contributed by atoms with E-state index in [1.54, 1.807) is 24.3 Å². The van der Waals surface area contributed by atoms with Crippen LogP contribution in [0.25, 0.3) is 0 Å². The zero-order valence-corrected chi connectivity index (χ0v) is 9.48. The van der Waals surface area contributed by atoms with Crippen molar-refractivity contribution in [2.75, 3.05) is 18.4 Å². The number of hydrogen-bond acceptors (Lipinski definition) is 2. The molecule has 1 aliphatic heterocycles. The molecule has 0 aliphatic carbocycles. The summed E-state index contributed by atoms with van der Waals surface area (Å²) < 4.78 is 0. The van der Waals surface area contributed by atoms with Crippen molar-refractivity contribution in [3.8, 4) is 0 Å². The summed E-state index contributed by atoms with van der Waals surface area (Å²) in [5.41, 5.74) is 6.15. The minimum absolute atomic E-state index is 0. The number of benzene rings is 1. The SMILES string of the molecule is NC(=O)Nc1cccc(C(=O)N2CCCC2)c1.[HH].[HH]. The fourth-order valence-electron chi connectivity index (χ4n) is 1.98. The number of nitrogens with two attached hydrogens (primary N) is 1. The first kappa shape index (κ1) is 11.4. The van der Waals surface area contributed by atoms with E-state index in [-0.39, 0.29) is 8.76 Å². The topological polar surface area (TPSA) is 75.4 Å². The normalized spacial score (nSPS) is 14.7. The fourth-order valence-corrected chi connectivity index (χ4v) is 1.98. The van der Waals surface area contributed by atoms with Gasteiger partial charge in [-0.3, -0.25) is 4.79 Å². The van der Waals surface area contributed by atoms with Gasteiger partial charge < -0.3 is 16.0 Å². The Balaban J connectivity index is 0.00000162. The highest BCUT2D eigenvalue weighted by atomic mass is 16.2. The second-order valence-electron chi connectivity index (χ2n) is 4.07. The zero-order valence-electron chi connectivity index (χ0n) is 9.48. The molecule has 1 aromatic rings. The van der Waals surface area contributed by atoms with Crippen LogP contribution in [0.4, 0.5) is 10.5 Å². The molecule has 5 nitrogen and oxygen atoms in total. The Hall–Kier alpha value is -2.04. The third kappa shape index (κ3) is 2.75. The van der Waals surface area contributed by atoms with Gasteiger partial charge in [-0.1, -0.05) is 6.07 Å². The summed E-state index contributed by atoms with van der Waals surface area (Å²) >= 11 is 0. The van der Waals surface area contributed by atoms with Crippen LogP contribution in [0, 0.1) is 0 Å². The Morgan fingerprint density at radius 2 is 2.00 bits per heavy atom. The van der Waals surface area contributed by atoms with E-state index in [1.807, 2.05) is 4.90 Å². The summed E-state index contributed by atoms with van der Waals surface area (Å²) in [6, 6.07) is 6.19. The molecule has 0 bridgehead atoms. The van der Waals surface area contributed by atoms with Gasteiger partial charge in [0.15, 0.2) is 0 Å². The lowest BCUT2D eigenvalue weighted by Gasteiger charge is -2.15. The van der Waals surface area contributed by atoms with E-state index in [0.717, 1.165) is 25.9 Å². The molecule has 0 unspecified atom stereocenters. The molecule has 1 aromatic carbocycles. The number of carbonyl (C=O) groups is 2. The molecule has 0 atom stereocenters. The lowest BCUT2D eigenvalue weighted by atomic mass is 10.2. The van der Waals surface area contributed by atoms with Gasteiger partial charge in [-0.2, -0.15) is 0 Å². The number of primary amides is 1. The summed E-state index contributed by atoms with van der Waals surface area (Å²) in [6.45, 7) is 1.62. The molecular weight excluding hydrogens is 218 g/mol. The van der Waals surface area contributed by atoms with Crippen LogP contribution < -0.4 is 11.1 Å². The molecule has 0 saturated carbocycles. The van der Waals surface area contributed by atoms with Gasteiger partial charge in [0.2, 0.25) is 0 Å². The van der Waals surface area contributed by atoms with Crippen molar-refractivity contribution in [3.63, 3.8) is 0 Å². The van der Waals surface area contributed by atoms with Gasteiger partial charge in [0.1, 0.15) is 0 Å². The van der Waals surface area contributed by atoms with Gasteiger partial charge in [0, 0.05) is 27.2 Å². The number of hydrogen-bond donors (Lipinski definition) is 2. The van der Waals surface area contributed by atoms with Crippen molar-refractivity contribution in [2.24, 2.45) is 5.73 Å². The molecular formula is C12H19N3O2. The summed E-state index contributed by atoms with van der Waals surface area (Å²) in [5, 5.41) is 2.46. The van der Waals surface area contributed by atoms with Gasteiger partial charge >= 0.3 is 6.03 Å². The first-order valence-corrected chi connectivity index (χ1v) is 5.62. The van der Waals surface area contributed by atoms with Crippen molar-refractivity contribution >= 4 is 17.6 Å². The standard InChI is InChI=1S/C12H15N3O2.2H2/c13-12(17)14-10-5-3-4-9(8-10)11(16)15-6-1-2-7-15;;/h3-5,8H,1-2,6-7H2,(H3,13,14,17);2*1H. The van der Waals surface area contributed by atoms with E-state index in [1.165, 1.54) is 0 Å². The molecule has 1 saturated heterocycles. The largest absolute Gasteiger partial charge is 0.351 e. The van der Waals surface area contributed by atoms with E-state index in [0.29, 0.717) is 11.3 Å². The Bertz CT molecular complexity index is 448. The number of urea groups is 1. The quantitative estimate of drug-likeness (QED) is 0.824. The Kier molecular flexibility index (Phi) is 3.27. The van der Waals surface area contributed by atoms with E-state index < -0.39 is 6.03 Å². The van der Waals surface area contributed by atoms with Crippen LogP contribution in [0.15, 0.2) is 24.3 Å². The second kappa shape index (κ2) is 4.86. The first-order chi connectivity index (χ1) is 8.16. The average Bonchev–Trinajstić information content (AvgIpc) is 2.81. The molecule has 94 valence electrons. The highest BCUT2D eigenvalue weighted by Crippen LogP contribution is 2.16. The maximum atomic E-state index is 12.1. The molecule has 0 aromatic heterocycles. The van der Waals surface area contributed by atoms with E-state index in [2.05, 4.69) is 5.32 Å². The van der Waals surface area contributed by atoms with E-state index in [4.69, 9.17) is 5.73 Å². The van der Waals surface area contributed by atoms with Crippen LogP contribution in [0.2, 0.25) is 0 Å². The number of amides is 3. The third-order valence-electron chi connectivity index (χ3n) is 2.77. The number of anilines is 1. The Morgan fingerprint density at radius 1 is 1.29 bits per heavy atom. The number of rotatable bonds is 2.